The van der Waals surface area contributed by atoms with Gasteiger partial charge in [0.2, 0.25) is 0 Å². The lowest BCUT2D eigenvalue weighted by molar-refractivity contribution is -0.120. The molecule has 0 bridgehead atoms. The lowest BCUT2D eigenvalue weighted by atomic mass is 9.97. The molecular formula is C27H25ClN2O3. The van der Waals surface area contributed by atoms with Crippen molar-refractivity contribution in [3.05, 3.63) is 93.6 Å². The van der Waals surface area contributed by atoms with Crippen LogP contribution in [0, 0.1) is 20.8 Å². The van der Waals surface area contributed by atoms with Crippen molar-refractivity contribution in [3.8, 4) is 5.75 Å². The number of rotatable bonds is 6. The quantitative estimate of drug-likeness (QED) is 0.454. The Morgan fingerprint density at radius 1 is 0.939 bits per heavy atom. The molecular weight excluding hydrogens is 436 g/mol. The molecule has 2 amide bonds. The number of hydrogen-bond acceptors (Lipinski definition) is 4. The van der Waals surface area contributed by atoms with E-state index in [-0.39, 0.29) is 5.70 Å². The van der Waals surface area contributed by atoms with Crippen LogP contribution in [0.5, 0.6) is 5.75 Å². The molecule has 1 aliphatic rings. The minimum absolute atomic E-state index is 0.212. The molecule has 33 heavy (non-hydrogen) atoms. The van der Waals surface area contributed by atoms with Crippen LogP contribution in [0.25, 0.3) is 5.57 Å². The van der Waals surface area contributed by atoms with Crippen molar-refractivity contribution in [3.63, 3.8) is 0 Å². The van der Waals surface area contributed by atoms with Crippen molar-refractivity contribution in [1.82, 2.24) is 0 Å². The van der Waals surface area contributed by atoms with Gasteiger partial charge in [-0.25, -0.2) is 4.90 Å². The number of amides is 2. The van der Waals surface area contributed by atoms with Gasteiger partial charge in [0.1, 0.15) is 11.4 Å². The summed E-state index contributed by atoms with van der Waals surface area (Å²) in [6.45, 7) is 8.07. The summed E-state index contributed by atoms with van der Waals surface area (Å²) < 4.78 is 5.71. The van der Waals surface area contributed by atoms with Crippen molar-refractivity contribution in [1.29, 1.82) is 0 Å². The summed E-state index contributed by atoms with van der Waals surface area (Å²) in [5.41, 5.74) is 5.10. The van der Waals surface area contributed by atoms with Gasteiger partial charge in [-0.3, -0.25) is 9.59 Å². The van der Waals surface area contributed by atoms with E-state index < -0.39 is 11.8 Å². The average molecular weight is 461 g/mol. The molecule has 4 rings (SSSR count). The number of carbonyl (C=O) groups excluding carboxylic acids is 2. The minimum Gasteiger partial charge on any atom is -0.492 e. The summed E-state index contributed by atoms with van der Waals surface area (Å²) in [6.07, 6.45) is 0. The molecule has 0 spiro atoms. The maximum atomic E-state index is 13.8. The molecule has 3 aromatic carbocycles. The number of ether oxygens (including phenoxy) is 1. The molecule has 0 saturated carbocycles. The maximum absolute atomic E-state index is 13.8. The van der Waals surface area contributed by atoms with Gasteiger partial charge in [0.25, 0.3) is 11.8 Å². The number of nitrogens with zero attached hydrogens (tertiary/aromatic N) is 1. The average Bonchev–Trinajstić information content (AvgIpc) is 3.02. The molecule has 6 heteroatoms. The van der Waals surface area contributed by atoms with Crippen LogP contribution in [0.15, 0.2) is 66.4 Å². The van der Waals surface area contributed by atoms with Crippen LogP contribution in [0.2, 0.25) is 5.02 Å². The highest BCUT2D eigenvalue weighted by Crippen LogP contribution is 2.39. The van der Waals surface area contributed by atoms with E-state index >= 15 is 0 Å². The van der Waals surface area contributed by atoms with Crippen molar-refractivity contribution in [2.24, 2.45) is 0 Å². The third-order valence-corrected chi connectivity index (χ3v) is 6.08. The molecule has 0 atom stereocenters. The van der Waals surface area contributed by atoms with Crippen LogP contribution < -0.4 is 15.0 Å². The van der Waals surface area contributed by atoms with Crippen molar-refractivity contribution < 1.29 is 14.3 Å². The fourth-order valence-corrected chi connectivity index (χ4v) is 4.18. The summed E-state index contributed by atoms with van der Waals surface area (Å²) in [4.78, 5) is 28.7. The zero-order chi connectivity index (χ0) is 23.7. The van der Waals surface area contributed by atoms with Gasteiger partial charge < -0.3 is 10.1 Å². The van der Waals surface area contributed by atoms with Crippen LogP contribution in [0.1, 0.15) is 29.2 Å². The Morgan fingerprint density at radius 3 is 2.42 bits per heavy atom. The SMILES string of the molecule is CCOc1ccccc1N1C(=O)C(Nc2cccc(Cl)c2C)=C(c2ccc(C)cc2C)C1=O. The number of halogens is 1. The Labute approximate surface area is 198 Å². The van der Waals surface area contributed by atoms with E-state index in [2.05, 4.69) is 5.32 Å². The standard InChI is InChI=1S/C27H25ClN2O3/c1-5-33-23-12-7-6-11-22(23)30-26(31)24(19-14-13-16(2)15-17(19)3)25(27(30)32)29-21-10-8-9-20(28)18(21)4/h6-15,29H,5H2,1-4H3. The van der Waals surface area contributed by atoms with E-state index in [1.807, 2.05) is 58.0 Å². The van der Waals surface area contributed by atoms with E-state index in [0.29, 0.717) is 39.9 Å². The molecule has 3 aromatic rings. The number of aryl methyl sites for hydroxylation is 2. The van der Waals surface area contributed by atoms with Gasteiger partial charge in [0.15, 0.2) is 0 Å². The first-order valence-corrected chi connectivity index (χ1v) is 11.2. The first-order chi connectivity index (χ1) is 15.8. The highest BCUT2D eigenvalue weighted by Gasteiger charge is 2.42. The molecule has 1 heterocycles. The van der Waals surface area contributed by atoms with Crippen molar-refractivity contribution >= 4 is 40.4 Å². The predicted octanol–water partition coefficient (Wildman–Crippen LogP) is 6.06. The molecule has 0 saturated heterocycles. The largest absolute Gasteiger partial charge is 0.492 e. The van der Waals surface area contributed by atoms with Crippen LogP contribution in [-0.2, 0) is 9.59 Å². The van der Waals surface area contributed by atoms with Gasteiger partial charge in [0.05, 0.1) is 17.9 Å². The van der Waals surface area contributed by atoms with Gasteiger partial charge in [0, 0.05) is 10.7 Å². The number of nitrogens with one attached hydrogen (secondary N) is 1. The minimum atomic E-state index is -0.443. The smallest absolute Gasteiger partial charge is 0.282 e. The zero-order valence-electron chi connectivity index (χ0n) is 19.0. The number of hydrogen-bond donors (Lipinski definition) is 1. The van der Waals surface area contributed by atoms with E-state index in [1.165, 1.54) is 4.90 Å². The summed E-state index contributed by atoms with van der Waals surface area (Å²) in [7, 11) is 0. The lowest BCUT2D eigenvalue weighted by Crippen LogP contribution is -2.32. The topological polar surface area (TPSA) is 58.6 Å². The Kier molecular flexibility index (Phi) is 6.25. The van der Waals surface area contributed by atoms with E-state index in [0.717, 1.165) is 16.7 Å². The van der Waals surface area contributed by atoms with Crippen LogP contribution >= 0.6 is 11.6 Å². The van der Waals surface area contributed by atoms with Crippen LogP contribution in [0.4, 0.5) is 11.4 Å². The molecule has 0 aliphatic carbocycles. The molecule has 1 aliphatic heterocycles. The zero-order valence-corrected chi connectivity index (χ0v) is 19.8. The van der Waals surface area contributed by atoms with Gasteiger partial charge in [-0.1, -0.05) is 53.6 Å². The summed E-state index contributed by atoms with van der Waals surface area (Å²) in [5, 5.41) is 3.79. The molecule has 0 fully saturated rings. The predicted molar refractivity (Wildman–Crippen MR) is 133 cm³/mol. The fourth-order valence-electron chi connectivity index (χ4n) is 4.01. The number of imide groups is 1. The highest BCUT2D eigenvalue weighted by atomic mass is 35.5. The fraction of sp³-hybridized carbons (Fsp3) is 0.185. The second kappa shape index (κ2) is 9.12. The molecule has 0 unspecified atom stereocenters. The van der Waals surface area contributed by atoms with Crippen molar-refractivity contribution in [2.45, 2.75) is 27.7 Å². The Hall–Kier alpha value is -3.57. The Balaban J connectivity index is 1.89. The molecule has 168 valence electrons. The third kappa shape index (κ3) is 4.12. The lowest BCUT2D eigenvalue weighted by Gasteiger charge is -2.19. The Bertz CT molecular complexity index is 1300. The summed E-state index contributed by atoms with van der Waals surface area (Å²) in [6, 6.07) is 18.3. The van der Waals surface area contributed by atoms with E-state index in [1.54, 1.807) is 30.3 Å². The third-order valence-electron chi connectivity index (χ3n) is 5.67. The van der Waals surface area contributed by atoms with Gasteiger partial charge in [-0.05, 0) is 68.7 Å². The number of carbonyl (C=O) groups is 2. The normalized spacial score (nSPS) is 13.7. The number of para-hydroxylation sites is 2. The molecule has 1 N–H and O–H groups in total. The van der Waals surface area contributed by atoms with E-state index in [4.69, 9.17) is 16.3 Å². The van der Waals surface area contributed by atoms with Gasteiger partial charge in [-0.15, -0.1) is 0 Å². The van der Waals surface area contributed by atoms with Crippen LogP contribution in [-0.4, -0.2) is 18.4 Å². The second-order valence-electron chi connectivity index (χ2n) is 7.95. The van der Waals surface area contributed by atoms with Gasteiger partial charge in [-0.2, -0.15) is 0 Å². The summed E-state index contributed by atoms with van der Waals surface area (Å²) >= 11 is 6.31. The first-order valence-electron chi connectivity index (χ1n) is 10.8. The van der Waals surface area contributed by atoms with Crippen molar-refractivity contribution in [2.75, 3.05) is 16.8 Å². The molecule has 5 nitrogen and oxygen atoms in total. The maximum Gasteiger partial charge on any atom is 0.282 e. The second-order valence-corrected chi connectivity index (χ2v) is 8.36. The monoisotopic (exact) mass is 460 g/mol. The van der Waals surface area contributed by atoms with Gasteiger partial charge >= 0.3 is 0 Å². The number of anilines is 2. The summed E-state index contributed by atoms with van der Waals surface area (Å²) in [5.74, 6) is -0.371. The number of benzene rings is 3. The van der Waals surface area contributed by atoms with Crippen LogP contribution in [0.3, 0.4) is 0 Å². The molecule has 0 aromatic heterocycles. The first kappa shape index (κ1) is 22.6. The van der Waals surface area contributed by atoms with E-state index in [9.17, 15) is 9.59 Å². The molecule has 0 radical (unpaired) electrons. The Morgan fingerprint density at radius 2 is 1.70 bits per heavy atom. The highest BCUT2D eigenvalue weighted by molar-refractivity contribution is 6.46.